The number of nitrogens with one attached hydrogen (secondary N) is 1. The molecule has 0 amide bonds. The lowest BCUT2D eigenvalue weighted by atomic mass is 9.96. The molecule has 1 N–H and O–H groups in total. The minimum atomic E-state index is 0.331. The van der Waals surface area contributed by atoms with Crippen molar-refractivity contribution in [1.82, 2.24) is 0 Å². The first-order chi connectivity index (χ1) is 10.6. The molecule has 1 nitrogen and oxygen atoms in total. The summed E-state index contributed by atoms with van der Waals surface area (Å²) < 4.78 is 0. The average molecular weight is 308 g/mol. The molecule has 1 unspecified atom stereocenters. The van der Waals surface area contributed by atoms with Crippen molar-refractivity contribution >= 4 is 5.71 Å². The molecule has 0 aromatic rings. The van der Waals surface area contributed by atoms with Crippen LogP contribution in [0.5, 0.6) is 0 Å². The Morgan fingerprint density at radius 3 is 1.59 bits per heavy atom. The molecule has 0 heterocycles. The van der Waals surface area contributed by atoms with Gasteiger partial charge in [0.1, 0.15) is 0 Å². The molecule has 22 heavy (non-hydrogen) atoms. The van der Waals surface area contributed by atoms with Crippen molar-refractivity contribution in [3.05, 3.63) is 11.6 Å². The molecule has 0 aromatic carbocycles. The Hall–Kier alpha value is -0.590. The number of hydrogen-bond acceptors (Lipinski definition) is 1. The average Bonchev–Trinajstić information content (AvgIpc) is 2.50. The lowest BCUT2D eigenvalue weighted by Crippen LogP contribution is -2.06. The third-order valence-corrected chi connectivity index (χ3v) is 4.86. The van der Waals surface area contributed by atoms with Gasteiger partial charge in [-0.3, -0.25) is 0 Å². The zero-order valence-electron chi connectivity index (χ0n) is 15.8. The van der Waals surface area contributed by atoms with Crippen LogP contribution in [0.4, 0.5) is 0 Å². The molecule has 0 radical (unpaired) electrons. The maximum absolute atomic E-state index is 7.66. The zero-order valence-corrected chi connectivity index (χ0v) is 15.8. The second-order valence-electron chi connectivity index (χ2n) is 7.03. The van der Waals surface area contributed by atoms with Crippen molar-refractivity contribution in [2.45, 2.75) is 111 Å². The van der Waals surface area contributed by atoms with Gasteiger partial charge in [-0.05, 0) is 26.7 Å². The first-order valence-corrected chi connectivity index (χ1v) is 9.81. The van der Waals surface area contributed by atoms with E-state index < -0.39 is 0 Å². The van der Waals surface area contributed by atoms with Crippen LogP contribution in [-0.2, 0) is 0 Å². The van der Waals surface area contributed by atoms with Crippen molar-refractivity contribution in [3.63, 3.8) is 0 Å². The molecular formula is C21H41N. The van der Waals surface area contributed by atoms with E-state index in [0.717, 1.165) is 5.71 Å². The number of unbranched alkanes of at least 4 members (excludes halogenated alkanes) is 12. The molecule has 0 rings (SSSR count). The standard InChI is InChI=1S/C21H41N/c1-5-6-7-8-9-10-11-12-13-14-15-16-17-18-19(2)20(3)21(4)22/h18,20,22H,5-17H2,1-4H3. The molecule has 0 bridgehead atoms. The van der Waals surface area contributed by atoms with Gasteiger partial charge in [-0.2, -0.15) is 0 Å². The highest BCUT2D eigenvalue weighted by molar-refractivity contribution is 5.83. The predicted octanol–water partition coefficient (Wildman–Crippen LogP) is 7.70. The van der Waals surface area contributed by atoms with E-state index in [0.29, 0.717) is 5.92 Å². The molecule has 0 fully saturated rings. The van der Waals surface area contributed by atoms with Crippen LogP contribution >= 0.6 is 0 Å². The topological polar surface area (TPSA) is 23.9 Å². The second-order valence-corrected chi connectivity index (χ2v) is 7.03. The Balaban J connectivity index is 3.30. The molecule has 130 valence electrons. The van der Waals surface area contributed by atoms with Crippen LogP contribution in [0.2, 0.25) is 0 Å². The molecule has 0 saturated heterocycles. The van der Waals surface area contributed by atoms with Crippen LogP contribution < -0.4 is 0 Å². The van der Waals surface area contributed by atoms with Crippen molar-refractivity contribution in [2.24, 2.45) is 5.92 Å². The van der Waals surface area contributed by atoms with Crippen LogP contribution in [0.3, 0.4) is 0 Å². The monoisotopic (exact) mass is 307 g/mol. The van der Waals surface area contributed by atoms with Crippen molar-refractivity contribution in [3.8, 4) is 0 Å². The quantitative estimate of drug-likeness (QED) is 0.182. The van der Waals surface area contributed by atoms with Gasteiger partial charge in [-0.15, -0.1) is 0 Å². The number of rotatable bonds is 15. The van der Waals surface area contributed by atoms with Gasteiger partial charge in [-0.25, -0.2) is 0 Å². The number of hydrogen-bond donors (Lipinski definition) is 1. The molecule has 0 aliphatic rings. The zero-order chi connectivity index (χ0) is 16.6. The van der Waals surface area contributed by atoms with E-state index >= 15 is 0 Å². The Bertz CT molecular complexity index is 290. The van der Waals surface area contributed by atoms with E-state index in [4.69, 9.17) is 5.41 Å². The molecule has 0 aliphatic carbocycles. The van der Waals surface area contributed by atoms with Gasteiger partial charge in [0.05, 0.1) is 0 Å². The summed E-state index contributed by atoms with van der Waals surface area (Å²) in [6.07, 6.45) is 20.5. The first kappa shape index (κ1) is 21.4. The van der Waals surface area contributed by atoms with Gasteiger partial charge in [0, 0.05) is 11.6 Å². The van der Waals surface area contributed by atoms with Gasteiger partial charge in [0.2, 0.25) is 0 Å². The Morgan fingerprint density at radius 2 is 1.18 bits per heavy atom. The fourth-order valence-electron chi connectivity index (χ4n) is 2.83. The predicted molar refractivity (Wildman–Crippen MR) is 102 cm³/mol. The molecular weight excluding hydrogens is 266 g/mol. The fourth-order valence-corrected chi connectivity index (χ4v) is 2.83. The van der Waals surface area contributed by atoms with Crippen molar-refractivity contribution < 1.29 is 0 Å². The molecule has 0 aromatic heterocycles. The summed E-state index contributed by atoms with van der Waals surface area (Å²) in [5, 5.41) is 7.66. The van der Waals surface area contributed by atoms with Gasteiger partial charge in [-0.1, -0.05) is 96.1 Å². The van der Waals surface area contributed by atoms with Crippen molar-refractivity contribution in [1.29, 1.82) is 5.41 Å². The highest BCUT2D eigenvalue weighted by atomic mass is 14.4. The van der Waals surface area contributed by atoms with E-state index in [-0.39, 0.29) is 0 Å². The smallest absolute Gasteiger partial charge is 0.0141 e. The van der Waals surface area contributed by atoms with E-state index in [9.17, 15) is 0 Å². The van der Waals surface area contributed by atoms with E-state index in [1.54, 1.807) is 0 Å². The Kier molecular flexibility index (Phi) is 14.9. The summed E-state index contributed by atoms with van der Waals surface area (Å²) in [6.45, 7) is 8.50. The van der Waals surface area contributed by atoms with Crippen LogP contribution in [0.25, 0.3) is 0 Å². The number of allylic oxidation sites excluding steroid dienone is 2. The van der Waals surface area contributed by atoms with E-state index in [1.165, 1.54) is 89.0 Å². The van der Waals surface area contributed by atoms with Gasteiger partial charge in [0.25, 0.3) is 0 Å². The maximum atomic E-state index is 7.66. The van der Waals surface area contributed by atoms with Crippen LogP contribution in [0, 0.1) is 11.3 Å². The summed E-state index contributed by atoms with van der Waals surface area (Å²) in [6, 6.07) is 0. The normalized spacial score (nSPS) is 13.4. The lowest BCUT2D eigenvalue weighted by Gasteiger charge is -2.10. The largest absolute Gasteiger partial charge is 0.309 e. The summed E-state index contributed by atoms with van der Waals surface area (Å²) in [7, 11) is 0. The fraction of sp³-hybridized carbons (Fsp3) is 0.857. The minimum absolute atomic E-state index is 0.331. The highest BCUT2D eigenvalue weighted by Gasteiger charge is 2.05. The van der Waals surface area contributed by atoms with Crippen molar-refractivity contribution in [2.75, 3.05) is 0 Å². The van der Waals surface area contributed by atoms with E-state index in [2.05, 4.69) is 26.8 Å². The summed E-state index contributed by atoms with van der Waals surface area (Å²) in [5.74, 6) is 0.331. The third-order valence-electron chi connectivity index (χ3n) is 4.86. The lowest BCUT2D eigenvalue weighted by molar-refractivity contribution is 0.544. The van der Waals surface area contributed by atoms with Crippen LogP contribution in [0.1, 0.15) is 111 Å². The maximum Gasteiger partial charge on any atom is 0.0141 e. The van der Waals surface area contributed by atoms with Gasteiger partial charge < -0.3 is 5.41 Å². The minimum Gasteiger partial charge on any atom is -0.309 e. The Labute approximate surface area is 140 Å². The summed E-state index contributed by atoms with van der Waals surface area (Å²) in [4.78, 5) is 0. The second kappa shape index (κ2) is 15.3. The molecule has 0 spiro atoms. The van der Waals surface area contributed by atoms with Crippen LogP contribution in [-0.4, -0.2) is 5.71 Å². The Morgan fingerprint density at radius 1 is 0.773 bits per heavy atom. The SMILES string of the molecule is CCCCCCCCCCCCCCC=C(C)C(C)C(C)=N. The molecule has 0 aliphatic heterocycles. The van der Waals surface area contributed by atoms with E-state index in [1.807, 2.05) is 6.92 Å². The van der Waals surface area contributed by atoms with Gasteiger partial charge >= 0.3 is 0 Å². The van der Waals surface area contributed by atoms with Gasteiger partial charge in [0.15, 0.2) is 0 Å². The third kappa shape index (κ3) is 13.1. The first-order valence-electron chi connectivity index (χ1n) is 9.81. The molecule has 1 atom stereocenters. The summed E-state index contributed by atoms with van der Waals surface area (Å²) >= 11 is 0. The van der Waals surface area contributed by atoms with Crippen LogP contribution in [0.15, 0.2) is 11.6 Å². The highest BCUT2D eigenvalue weighted by Crippen LogP contribution is 2.15. The summed E-state index contributed by atoms with van der Waals surface area (Å²) in [5.41, 5.74) is 2.15. The molecule has 1 heteroatoms. The molecule has 0 saturated carbocycles.